The van der Waals surface area contributed by atoms with Crippen LogP contribution in [-0.2, 0) is 17.8 Å². The Labute approximate surface area is 206 Å². The zero-order valence-corrected chi connectivity index (χ0v) is 20.6. The summed E-state index contributed by atoms with van der Waals surface area (Å²) < 4.78 is 30.8. The average Bonchev–Trinajstić information content (AvgIpc) is 2.81. The topological polar surface area (TPSA) is 69.2 Å². The number of hydrazone groups is 1. The van der Waals surface area contributed by atoms with Gasteiger partial charge in [0.2, 0.25) is 5.91 Å². The van der Waals surface area contributed by atoms with E-state index in [1.807, 2.05) is 44.2 Å². The van der Waals surface area contributed by atoms with Gasteiger partial charge in [-0.25, -0.2) is 9.82 Å². The second-order valence-electron chi connectivity index (χ2n) is 7.23. The van der Waals surface area contributed by atoms with Gasteiger partial charge in [0.25, 0.3) is 0 Å². The molecule has 1 N–H and O–H groups in total. The maximum atomic E-state index is 13.1. The van der Waals surface area contributed by atoms with Gasteiger partial charge in [0.15, 0.2) is 11.5 Å². The van der Waals surface area contributed by atoms with Gasteiger partial charge >= 0.3 is 0 Å². The number of carbonyl (C=O) groups is 1. The third-order valence-corrected chi connectivity index (χ3v) is 5.22. The van der Waals surface area contributed by atoms with Crippen molar-refractivity contribution >= 4 is 28.1 Å². The second kappa shape index (κ2) is 12.7. The fourth-order valence-electron chi connectivity index (χ4n) is 3.08. The van der Waals surface area contributed by atoms with E-state index < -0.39 is 0 Å². The normalized spacial score (nSPS) is 10.8. The number of nitrogens with one attached hydrogen (secondary N) is 1. The molecule has 0 unspecified atom stereocenters. The summed E-state index contributed by atoms with van der Waals surface area (Å²) in [7, 11) is 0. The van der Waals surface area contributed by atoms with Gasteiger partial charge < -0.3 is 14.2 Å². The lowest BCUT2D eigenvalue weighted by atomic mass is 10.1. The Balaban J connectivity index is 1.62. The minimum atomic E-state index is -0.296. The standard InChI is InChI=1S/C26H26BrFN2O4/c1-3-32-22-11-7-18(8-12-22)15-25(31)30-29-16-20-13-23(27)26(24(14-20)33-4-2)34-17-19-5-9-21(28)10-6-19/h5-14,16H,3-4,15,17H2,1-2H3,(H,30,31)/b29-16-. The molecule has 0 spiro atoms. The fraction of sp³-hybridized carbons (Fsp3) is 0.231. The molecule has 178 valence electrons. The Morgan fingerprint density at radius 3 is 2.32 bits per heavy atom. The minimum Gasteiger partial charge on any atom is -0.494 e. The van der Waals surface area contributed by atoms with Crippen molar-refractivity contribution in [1.82, 2.24) is 5.43 Å². The van der Waals surface area contributed by atoms with Crippen LogP contribution in [0.3, 0.4) is 0 Å². The van der Waals surface area contributed by atoms with Crippen molar-refractivity contribution < 1.29 is 23.4 Å². The Kier molecular flexibility index (Phi) is 9.46. The zero-order valence-electron chi connectivity index (χ0n) is 19.0. The van der Waals surface area contributed by atoms with Crippen molar-refractivity contribution in [3.8, 4) is 17.2 Å². The van der Waals surface area contributed by atoms with Crippen LogP contribution in [0.2, 0.25) is 0 Å². The summed E-state index contributed by atoms with van der Waals surface area (Å²) in [6, 6.07) is 17.1. The van der Waals surface area contributed by atoms with Gasteiger partial charge in [-0.05, 0) is 82.9 Å². The van der Waals surface area contributed by atoms with E-state index in [1.165, 1.54) is 18.3 Å². The monoisotopic (exact) mass is 528 g/mol. The van der Waals surface area contributed by atoms with E-state index >= 15 is 0 Å². The van der Waals surface area contributed by atoms with Gasteiger partial charge in [-0.1, -0.05) is 24.3 Å². The Morgan fingerprint density at radius 1 is 0.971 bits per heavy atom. The molecule has 0 heterocycles. The first-order valence-electron chi connectivity index (χ1n) is 10.9. The van der Waals surface area contributed by atoms with Crippen molar-refractivity contribution in [2.75, 3.05) is 13.2 Å². The summed E-state index contributed by atoms with van der Waals surface area (Å²) >= 11 is 3.51. The smallest absolute Gasteiger partial charge is 0.244 e. The molecule has 0 bridgehead atoms. The Hall–Kier alpha value is -3.39. The van der Waals surface area contributed by atoms with E-state index in [4.69, 9.17) is 14.2 Å². The van der Waals surface area contributed by atoms with Crippen LogP contribution < -0.4 is 19.6 Å². The van der Waals surface area contributed by atoms with Gasteiger partial charge in [0, 0.05) is 0 Å². The predicted octanol–water partition coefficient (Wildman–Crippen LogP) is 5.66. The highest BCUT2D eigenvalue weighted by molar-refractivity contribution is 9.10. The molecule has 3 aromatic rings. The number of rotatable bonds is 11. The first kappa shape index (κ1) is 25.2. The molecule has 0 aliphatic heterocycles. The van der Waals surface area contributed by atoms with Gasteiger partial charge in [0.05, 0.1) is 30.3 Å². The summed E-state index contributed by atoms with van der Waals surface area (Å²) in [4.78, 5) is 12.2. The summed E-state index contributed by atoms with van der Waals surface area (Å²) in [5.41, 5.74) is 4.94. The van der Waals surface area contributed by atoms with Crippen molar-refractivity contribution in [2.24, 2.45) is 5.10 Å². The van der Waals surface area contributed by atoms with Crippen LogP contribution in [0.5, 0.6) is 17.2 Å². The second-order valence-corrected chi connectivity index (χ2v) is 8.08. The molecule has 0 aliphatic carbocycles. The van der Waals surface area contributed by atoms with E-state index in [0.717, 1.165) is 16.9 Å². The van der Waals surface area contributed by atoms with Gasteiger partial charge in [-0.15, -0.1) is 0 Å². The highest BCUT2D eigenvalue weighted by atomic mass is 79.9. The third kappa shape index (κ3) is 7.59. The summed E-state index contributed by atoms with van der Waals surface area (Å²) in [6.07, 6.45) is 1.74. The van der Waals surface area contributed by atoms with Crippen molar-refractivity contribution in [3.63, 3.8) is 0 Å². The van der Waals surface area contributed by atoms with Gasteiger partial charge in [0.1, 0.15) is 18.2 Å². The number of benzene rings is 3. The van der Waals surface area contributed by atoms with Crippen LogP contribution in [0, 0.1) is 5.82 Å². The van der Waals surface area contributed by atoms with Crippen molar-refractivity contribution in [1.29, 1.82) is 0 Å². The molecule has 0 atom stereocenters. The van der Waals surface area contributed by atoms with Crippen molar-refractivity contribution in [2.45, 2.75) is 26.9 Å². The molecule has 34 heavy (non-hydrogen) atoms. The molecule has 0 fully saturated rings. The molecule has 0 radical (unpaired) electrons. The Bertz CT molecular complexity index is 1120. The largest absolute Gasteiger partial charge is 0.494 e. The zero-order chi connectivity index (χ0) is 24.3. The van der Waals surface area contributed by atoms with Crippen LogP contribution in [0.15, 0.2) is 70.2 Å². The fourth-order valence-corrected chi connectivity index (χ4v) is 3.65. The van der Waals surface area contributed by atoms with Crippen molar-refractivity contribution in [3.05, 3.63) is 87.6 Å². The van der Waals surface area contributed by atoms with E-state index in [2.05, 4.69) is 26.5 Å². The molecule has 0 saturated carbocycles. The van der Waals surface area contributed by atoms with E-state index in [-0.39, 0.29) is 24.8 Å². The number of amides is 1. The number of hydrogen-bond acceptors (Lipinski definition) is 5. The highest BCUT2D eigenvalue weighted by Gasteiger charge is 2.12. The van der Waals surface area contributed by atoms with Crippen LogP contribution in [-0.4, -0.2) is 25.3 Å². The number of nitrogens with zero attached hydrogens (tertiary/aromatic N) is 1. The molecular formula is C26H26BrFN2O4. The molecule has 8 heteroatoms. The van der Waals surface area contributed by atoms with Crippen LogP contribution in [0.4, 0.5) is 4.39 Å². The molecule has 0 aromatic heterocycles. The molecule has 1 amide bonds. The lowest BCUT2D eigenvalue weighted by molar-refractivity contribution is -0.120. The highest BCUT2D eigenvalue weighted by Crippen LogP contribution is 2.37. The van der Waals surface area contributed by atoms with E-state index in [9.17, 15) is 9.18 Å². The predicted molar refractivity (Wildman–Crippen MR) is 133 cm³/mol. The van der Waals surface area contributed by atoms with Crippen LogP contribution >= 0.6 is 15.9 Å². The molecule has 0 saturated heterocycles. The summed E-state index contributed by atoms with van der Waals surface area (Å²) in [5, 5.41) is 4.06. The average molecular weight is 529 g/mol. The molecular weight excluding hydrogens is 503 g/mol. The van der Waals surface area contributed by atoms with Gasteiger partial charge in [-0.2, -0.15) is 5.10 Å². The summed E-state index contributed by atoms with van der Waals surface area (Å²) in [5.74, 6) is 1.30. The quantitative estimate of drug-likeness (QED) is 0.257. The van der Waals surface area contributed by atoms with Crippen LogP contribution in [0.1, 0.15) is 30.5 Å². The lowest BCUT2D eigenvalue weighted by Crippen LogP contribution is -2.19. The van der Waals surface area contributed by atoms with E-state index in [1.54, 1.807) is 18.2 Å². The number of carbonyl (C=O) groups excluding carboxylic acids is 1. The Morgan fingerprint density at radius 2 is 1.65 bits per heavy atom. The number of ether oxygens (including phenoxy) is 3. The SMILES string of the molecule is CCOc1ccc(CC(=O)N/N=C\c2cc(Br)c(OCc3ccc(F)cc3)c(OCC)c2)cc1. The molecule has 6 nitrogen and oxygen atoms in total. The molecule has 0 aliphatic rings. The minimum absolute atomic E-state index is 0.202. The maximum Gasteiger partial charge on any atom is 0.244 e. The number of hydrogen-bond donors (Lipinski definition) is 1. The summed E-state index contributed by atoms with van der Waals surface area (Å²) in [6.45, 7) is 5.09. The molecule has 3 rings (SSSR count). The maximum absolute atomic E-state index is 13.1. The first-order valence-corrected chi connectivity index (χ1v) is 11.6. The lowest BCUT2D eigenvalue weighted by Gasteiger charge is -2.14. The first-order chi connectivity index (χ1) is 16.5. The molecule has 3 aromatic carbocycles. The van der Waals surface area contributed by atoms with Crippen LogP contribution in [0.25, 0.3) is 0 Å². The van der Waals surface area contributed by atoms with E-state index in [0.29, 0.717) is 34.7 Å². The van der Waals surface area contributed by atoms with Gasteiger partial charge in [-0.3, -0.25) is 4.79 Å². The number of halogens is 2. The third-order valence-electron chi connectivity index (χ3n) is 4.63.